The number of hydrogen-bond acceptors (Lipinski definition) is 3. The highest BCUT2D eigenvalue weighted by molar-refractivity contribution is 6.05. The summed E-state index contributed by atoms with van der Waals surface area (Å²) in [6.45, 7) is 0. The van der Waals surface area contributed by atoms with Gasteiger partial charge in [0.15, 0.2) is 0 Å². The second kappa shape index (κ2) is 3.42. The first-order valence-corrected chi connectivity index (χ1v) is 3.74. The third kappa shape index (κ3) is 1.73. The maximum atomic E-state index is 11.0. The van der Waals surface area contributed by atoms with Gasteiger partial charge in [0.1, 0.15) is 17.9 Å². The molecule has 3 nitrogen and oxygen atoms in total. The van der Waals surface area contributed by atoms with Crippen LogP contribution in [0.15, 0.2) is 0 Å². The average molecular weight is 154 g/mol. The van der Waals surface area contributed by atoms with Crippen LogP contribution in [0.2, 0.25) is 0 Å². The molecule has 0 amide bonds. The fourth-order valence-corrected chi connectivity index (χ4v) is 1.32. The van der Waals surface area contributed by atoms with Gasteiger partial charge < -0.3 is 4.79 Å². The molecule has 11 heavy (non-hydrogen) atoms. The molecule has 1 saturated carbocycles. The van der Waals surface area contributed by atoms with Crippen molar-refractivity contribution in [1.29, 1.82) is 0 Å². The van der Waals surface area contributed by atoms with Crippen LogP contribution in [0.1, 0.15) is 25.7 Å². The highest BCUT2D eigenvalue weighted by Crippen LogP contribution is 2.18. The summed E-state index contributed by atoms with van der Waals surface area (Å²) in [7, 11) is 0. The molecule has 0 heterocycles. The summed E-state index contributed by atoms with van der Waals surface area (Å²) in [5.74, 6) is -0.733. The number of carbonyl (C=O) groups excluding carboxylic acids is 3. The van der Waals surface area contributed by atoms with Crippen LogP contribution in [-0.4, -0.2) is 17.9 Å². The topological polar surface area (TPSA) is 51.2 Å². The Hall–Kier alpha value is -0.990. The lowest BCUT2D eigenvalue weighted by atomic mass is 9.85. The Morgan fingerprint density at radius 3 is 2.27 bits per heavy atom. The number of carbonyl (C=O) groups is 3. The predicted molar refractivity (Wildman–Crippen MR) is 38.0 cm³/mol. The highest BCUT2D eigenvalue weighted by Gasteiger charge is 2.28. The van der Waals surface area contributed by atoms with Gasteiger partial charge in [-0.2, -0.15) is 0 Å². The van der Waals surface area contributed by atoms with Gasteiger partial charge in [0.05, 0.1) is 5.92 Å². The molecule has 1 aliphatic carbocycles. The van der Waals surface area contributed by atoms with Gasteiger partial charge >= 0.3 is 0 Å². The van der Waals surface area contributed by atoms with Crippen molar-refractivity contribution < 1.29 is 14.4 Å². The minimum Gasteiger partial charge on any atom is -0.303 e. The van der Waals surface area contributed by atoms with Crippen LogP contribution in [0.3, 0.4) is 0 Å². The second-order valence-corrected chi connectivity index (χ2v) is 2.74. The zero-order valence-corrected chi connectivity index (χ0v) is 6.21. The van der Waals surface area contributed by atoms with E-state index in [1.165, 1.54) is 0 Å². The molecule has 60 valence electrons. The van der Waals surface area contributed by atoms with Gasteiger partial charge in [0.2, 0.25) is 0 Å². The molecule has 0 saturated heterocycles. The zero-order valence-electron chi connectivity index (χ0n) is 6.21. The van der Waals surface area contributed by atoms with Crippen LogP contribution in [-0.2, 0) is 14.4 Å². The van der Waals surface area contributed by atoms with E-state index >= 15 is 0 Å². The molecule has 0 aromatic carbocycles. The first-order chi connectivity index (χ1) is 5.25. The average Bonchev–Trinajstić information content (AvgIpc) is 1.97. The third-order valence-electron chi connectivity index (χ3n) is 1.96. The van der Waals surface area contributed by atoms with Crippen LogP contribution in [0, 0.1) is 5.92 Å². The van der Waals surface area contributed by atoms with Gasteiger partial charge in [-0.1, -0.05) is 0 Å². The van der Waals surface area contributed by atoms with Crippen molar-refractivity contribution in [3.05, 3.63) is 0 Å². The number of Topliss-reactive ketones (excluding diaryl/α,β-unsaturated/α-hetero) is 2. The Morgan fingerprint density at radius 1 is 1.27 bits per heavy atom. The largest absolute Gasteiger partial charge is 0.303 e. The van der Waals surface area contributed by atoms with E-state index in [9.17, 15) is 14.4 Å². The SMILES string of the molecule is O=CCC1C(=O)CCCC1=O. The van der Waals surface area contributed by atoms with Crippen molar-refractivity contribution in [2.24, 2.45) is 5.92 Å². The molecule has 1 rings (SSSR count). The first-order valence-electron chi connectivity index (χ1n) is 3.74. The van der Waals surface area contributed by atoms with Crippen LogP contribution >= 0.6 is 0 Å². The Kier molecular flexibility index (Phi) is 2.52. The van der Waals surface area contributed by atoms with Crippen molar-refractivity contribution in [2.75, 3.05) is 0 Å². The molecule has 1 fully saturated rings. The molecule has 0 N–H and O–H groups in total. The Bertz CT molecular complexity index is 180. The fraction of sp³-hybridized carbons (Fsp3) is 0.625. The minimum atomic E-state index is -0.610. The summed E-state index contributed by atoms with van der Waals surface area (Å²) in [5.41, 5.74) is 0. The van der Waals surface area contributed by atoms with E-state index in [4.69, 9.17) is 0 Å². The van der Waals surface area contributed by atoms with E-state index in [-0.39, 0.29) is 18.0 Å². The second-order valence-electron chi connectivity index (χ2n) is 2.74. The lowest BCUT2D eigenvalue weighted by Crippen LogP contribution is -2.28. The molecule has 0 radical (unpaired) electrons. The standard InChI is InChI=1S/C8H10O3/c9-5-4-6-7(10)2-1-3-8(6)11/h5-6H,1-4H2. The van der Waals surface area contributed by atoms with Gasteiger partial charge in [-0.3, -0.25) is 9.59 Å². The van der Waals surface area contributed by atoms with Crippen molar-refractivity contribution >= 4 is 17.9 Å². The molecule has 0 bridgehead atoms. The van der Waals surface area contributed by atoms with E-state index < -0.39 is 5.92 Å². The Balaban J connectivity index is 2.62. The van der Waals surface area contributed by atoms with Gasteiger partial charge in [-0.05, 0) is 6.42 Å². The van der Waals surface area contributed by atoms with E-state index in [0.29, 0.717) is 25.5 Å². The smallest absolute Gasteiger partial charge is 0.143 e. The predicted octanol–water partition coefficient (Wildman–Crippen LogP) is 0.514. The van der Waals surface area contributed by atoms with Crippen molar-refractivity contribution in [3.63, 3.8) is 0 Å². The highest BCUT2D eigenvalue weighted by atomic mass is 16.2. The molecule has 0 spiro atoms. The molecular weight excluding hydrogens is 144 g/mol. The molecular formula is C8H10O3. The van der Waals surface area contributed by atoms with E-state index in [1.54, 1.807) is 0 Å². The number of hydrogen-bond donors (Lipinski definition) is 0. The number of ketones is 2. The number of aldehydes is 1. The molecule has 0 aromatic heterocycles. The molecule has 0 unspecified atom stereocenters. The summed E-state index contributed by atoms with van der Waals surface area (Å²) < 4.78 is 0. The van der Waals surface area contributed by atoms with Gasteiger partial charge in [-0.15, -0.1) is 0 Å². The van der Waals surface area contributed by atoms with Crippen molar-refractivity contribution in [2.45, 2.75) is 25.7 Å². The van der Waals surface area contributed by atoms with Crippen LogP contribution in [0.5, 0.6) is 0 Å². The summed E-state index contributed by atoms with van der Waals surface area (Å²) in [6.07, 6.45) is 2.31. The van der Waals surface area contributed by atoms with Gasteiger partial charge in [-0.25, -0.2) is 0 Å². The van der Waals surface area contributed by atoms with Gasteiger partial charge in [0.25, 0.3) is 0 Å². The van der Waals surface area contributed by atoms with Crippen molar-refractivity contribution in [1.82, 2.24) is 0 Å². The van der Waals surface area contributed by atoms with E-state index in [1.807, 2.05) is 0 Å². The van der Waals surface area contributed by atoms with E-state index in [0.717, 1.165) is 0 Å². The molecule has 3 heteroatoms. The summed E-state index contributed by atoms with van der Waals surface area (Å²) in [5, 5.41) is 0. The maximum absolute atomic E-state index is 11.0. The summed E-state index contributed by atoms with van der Waals surface area (Å²) in [6, 6.07) is 0. The van der Waals surface area contributed by atoms with E-state index in [2.05, 4.69) is 0 Å². The van der Waals surface area contributed by atoms with Crippen LogP contribution < -0.4 is 0 Å². The maximum Gasteiger partial charge on any atom is 0.143 e. The Morgan fingerprint density at radius 2 is 1.82 bits per heavy atom. The summed E-state index contributed by atoms with van der Waals surface area (Å²) in [4.78, 5) is 32.1. The normalized spacial score (nSPS) is 20.4. The first kappa shape index (κ1) is 8.11. The zero-order chi connectivity index (χ0) is 8.27. The molecule has 0 aromatic rings. The summed E-state index contributed by atoms with van der Waals surface area (Å²) >= 11 is 0. The quantitative estimate of drug-likeness (QED) is 0.430. The monoisotopic (exact) mass is 154 g/mol. The number of rotatable bonds is 2. The van der Waals surface area contributed by atoms with Crippen LogP contribution in [0.4, 0.5) is 0 Å². The lowest BCUT2D eigenvalue weighted by molar-refractivity contribution is -0.137. The third-order valence-corrected chi connectivity index (χ3v) is 1.96. The van der Waals surface area contributed by atoms with Crippen LogP contribution in [0.25, 0.3) is 0 Å². The fourth-order valence-electron chi connectivity index (χ4n) is 1.32. The molecule has 1 aliphatic rings. The lowest BCUT2D eigenvalue weighted by Gasteiger charge is -2.16. The Labute approximate surface area is 64.8 Å². The van der Waals surface area contributed by atoms with Crippen molar-refractivity contribution in [3.8, 4) is 0 Å². The molecule has 0 atom stereocenters. The minimum absolute atomic E-state index is 0.0617. The molecule has 0 aliphatic heterocycles. The van der Waals surface area contributed by atoms with Gasteiger partial charge in [0, 0.05) is 19.3 Å².